The summed E-state index contributed by atoms with van der Waals surface area (Å²) in [5, 5.41) is 8.85. The molecule has 0 amide bonds. The molecule has 1 N–H and O–H groups in total. The Balaban J connectivity index is 2.98. The lowest BCUT2D eigenvalue weighted by Crippen LogP contribution is -2.39. The van der Waals surface area contributed by atoms with Crippen LogP contribution in [0.15, 0.2) is 16.3 Å². The second-order valence-corrected chi connectivity index (χ2v) is 7.85. The zero-order chi connectivity index (χ0) is 14.6. The number of aliphatic carboxylic acids is 1. The first-order chi connectivity index (χ1) is 8.73. The van der Waals surface area contributed by atoms with Gasteiger partial charge in [0.25, 0.3) is 10.0 Å². The first kappa shape index (κ1) is 16.1. The van der Waals surface area contributed by atoms with Crippen molar-refractivity contribution in [3.8, 4) is 0 Å². The van der Waals surface area contributed by atoms with Crippen LogP contribution in [-0.2, 0) is 14.8 Å². The van der Waals surface area contributed by atoms with Crippen LogP contribution in [0.3, 0.4) is 0 Å². The summed E-state index contributed by atoms with van der Waals surface area (Å²) in [7, 11) is -0.114. The molecule has 1 aromatic heterocycles. The standard InChI is InChI=1S/C11H18N2O4S2/c1-9-4-5-11(18-9)19(16,17)13(8-10(14)15)7-6-12(2)3/h4-5H,6-8H2,1-3H3,(H,14,15). The number of carboxylic acid groups (broad SMARTS) is 1. The predicted molar refractivity (Wildman–Crippen MR) is 74.0 cm³/mol. The Hall–Kier alpha value is -0.960. The van der Waals surface area contributed by atoms with Crippen LogP contribution in [-0.4, -0.2) is 62.4 Å². The minimum absolute atomic E-state index is 0.151. The van der Waals surface area contributed by atoms with Crippen LogP contribution in [0.1, 0.15) is 4.88 Å². The molecule has 0 bridgehead atoms. The van der Waals surface area contributed by atoms with Crippen molar-refractivity contribution in [2.45, 2.75) is 11.1 Å². The first-order valence-electron chi connectivity index (χ1n) is 5.66. The van der Waals surface area contributed by atoms with Gasteiger partial charge < -0.3 is 10.0 Å². The maximum absolute atomic E-state index is 12.3. The van der Waals surface area contributed by atoms with Gasteiger partial charge in [0.05, 0.1) is 0 Å². The van der Waals surface area contributed by atoms with E-state index < -0.39 is 22.5 Å². The second kappa shape index (κ2) is 6.47. The van der Waals surface area contributed by atoms with Crippen LogP contribution >= 0.6 is 11.3 Å². The highest BCUT2D eigenvalue weighted by atomic mass is 32.2. The molecular weight excluding hydrogens is 288 g/mol. The SMILES string of the molecule is Cc1ccc(S(=O)(=O)N(CCN(C)C)CC(=O)O)s1. The number of carbonyl (C=O) groups is 1. The molecule has 0 atom stereocenters. The van der Waals surface area contributed by atoms with E-state index in [2.05, 4.69) is 0 Å². The summed E-state index contributed by atoms with van der Waals surface area (Å²) in [4.78, 5) is 13.5. The fourth-order valence-corrected chi connectivity index (χ4v) is 4.24. The molecular formula is C11H18N2O4S2. The van der Waals surface area contributed by atoms with Crippen LogP contribution in [0.4, 0.5) is 0 Å². The van der Waals surface area contributed by atoms with Crippen LogP contribution in [0.2, 0.25) is 0 Å². The summed E-state index contributed by atoms with van der Waals surface area (Å²) in [6.07, 6.45) is 0. The van der Waals surface area contributed by atoms with Gasteiger partial charge in [0.2, 0.25) is 0 Å². The van der Waals surface area contributed by atoms with Gasteiger partial charge in [0.1, 0.15) is 10.8 Å². The van der Waals surface area contributed by atoms with E-state index in [1.807, 2.05) is 11.8 Å². The van der Waals surface area contributed by atoms with Crippen LogP contribution in [0, 0.1) is 6.92 Å². The number of rotatable bonds is 7. The monoisotopic (exact) mass is 306 g/mol. The van der Waals surface area contributed by atoms with Crippen molar-refractivity contribution in [1.82, 2.24) is 9.21 Å². The van der Waals surface area contributed by atoms with E-state index in [1.54, 1.807) is 20.2 Å². The molecule has 6 nitrogen and oxygen atoms in total. The highest BCUT2D eigenvalue weighted by Crippen LogP contribution is 2.24. The van der Waals surface area contributed by atoms with Crippen molar-refractivity contribution in [3.63, 3.8) is 0 Å². The Bertz CT molecular complexity index is 537. The van der Waals surface area contributed by atoms with Gasteiger partial charge in [-0.05, 0) is 33.2 Å². The molecule has 8 heteroatoms. The molecule has 0 unspecified atom stereocenters. The number of sulfonamides is 1. The topological polar surface area (TPSA) is 77.9 Å². The minimum Gasteiger partial charge on any atom is -0.480 e. The molecule has 1 aromatic rings. The van der Waals surface area contributed by atoms with E-state index in [0.717, 1.165) is 20.5 Å². The summed E-state index contributed by atoms with van der Waals surface area (Å²) < 4.78 is 25.9. The molecule has 0 spiro atoms. The van der Waals surface area contributed by atoms with Crippen molar-refractivity contribution in [2.75, 3.05) is 33.7 Å². The smallest absolute Gasteiger partial charge is 0.318 e. The number of carboxylic acids is 1. The van der Waals surface area contributed by atoms with Gasteiger partial charge in [0, 0.05) is 18.0 Å². The van der Waals surface area contributed by atoms with Crippen LogP contribution in [0.25, 0.3) is 0 Å². The molecule has 0 saturated carbocycles. The molecule has 19 heavy (non-hydrogen) atoms. The lowest BCUT2D eigenvalue weighted by Gasteiger charge is -2.21. The van der Waals surface area contributed by atoms with Gasteiger partial charge in [-0.2, -0.15) is 4.31 Å². The molecule has 0 aromatic carbocycles. The summed E-state index contributed by atoms with van der Waals surface area (Å²) in [6.45, 7) is 1.91. The Morgan fingerprint density at radius 3 is 2.37 bits per heavy atom. The van der Waals surface area contributed by atoms with Gasteiger partial charge >= 0.3 is 5.97 Å². The molecule has 0 aliphatic heterocycles. The van der Waals surface area contributed by atoms with E-state index in [0.29, 0.717) is 6.54 Å². The maximum atomic E-state index is 12.3. The van der Waals surface area contributed by atoms with Crippen molar-refractivity contribution < 1.29 is 18.3 Å². The van der Waals surface area contributed by atoms with Gasteiger partial charge in [-0.15, -0.1) is 11.3 Å². The third-order valence-electron chi connectivity index (χ3n) is 2.42. The third-order valence-corrected chi connectivity index (χ3v) is 5.73. The Labute approximate surface area is 117 Å². The number of likely N-dealkylation sites (N-methyl/N-ethyl adjacent to an activating group) is 1. The third kappa shape index (κ3) is 4.57. The zero-order valence-corrected chi connectivity index (χ0v) is 12.8. The van der Waals surface area contributed by atoms with Crippen LogP contribution < -0.4 is 0 Å². The van der Waals surface area contributed by atoms with Gasteiger partial charge in [0.15, 0.2) is 0 Å². The van der Waals surface area contributed by atoms with Crippen LogP contribution in [0.5, 0.6) is 0 Å². The molecule has 108 valence electrons. The van der Waals surface area contributed by atoms with Crippen molar-refractivity contribution in [2.24, 2.45) is 0 Å². The van der Waals surface area contributed by atoms with Crippen molar-refractivity contribution in [1.29, 1.82) is 0 Å². The van der Waals surface area contributed by atoms with Gasteiger partial charge in [-0.1, -0.05) is 0 Å². The zero-order valence-electron chi connectivity index (χ0n) is 11.2. The fraction of sp³-hybridized carbons (Fsp3) is 0.545. The highest BCUT2D eigenvalue weighted by molar-refractivity contribution is 7.91. The van der Waals surface area contributed by atoms with E-state index >= 15 is 0 Å². The molecule has 0 fully saturated rings. The Morgan fingerprint density at radius 2 is 1.95 bits per heavy atom. The lowest BCUT2D eigenvalue weighted by molar-refractivity contribution is -0.137. The van der Waals surface area contributed by atoms with E-state index in [9.17, 15) is 13.2 Å². The Kier molecular flexibility index (Phi) is 5.48. The Morgan fingerprint density at radius 1 is 1.32 bits per heavy atom. The molecule has 1 rings (SSSR count). The number of nitrogens with zero attached hydrogens (tertiary/aromatic N) is 2. The average molecular weight is 306 g/mol. The predicted octanol–water partition coefficient (Wildman–Crippen LogP) is 0.693. The number of hydrogen-bond acceptors (Lipinski definition) is 5. The molecule has 0 aliphatic carbocycles. The fourth-order valence-electron chi connectivity index (χ4n) is 1.42. The average Bonchev–Trinajstić information content (AvgIpc) is 2.70. The quantitative estimate of drug-likeness (QED) is 0.802. The number of hydrogen-bond donors (Lipinski definition) is 1. The first-order valence-corrected chi connectivity index (χ1v) is 7.92. The minimum atomic E-state index is -3.73. The molecule has 0 radical (unpaired) electrons. The molecule has 0 aliphatic rings. The van der Waals surface area contributed by atoms with E-state index in [4.69, 9.17) is 5.11 Å². The van der Waals surface area contributed by atoms with E-state index in [1.165, 1.54) is 6.07 Å². The lowest BCUT2D eigenvalue weighted by atomic mass is 10.5. The summed E-state index contributed by atoms with van der Waals surface area (Å²) in [6, 6.07) is 3.22. The second-order valence-electron chi connectivity index (χ2n) is 4.40. The van der Waals surface area contributed by atoms with Gasteiger partial charge in [-0.25, -0.2) is 8.42 Å². The van der Waals surface area contributed by atoms with Gasteiger partial charge in [-0.3, -0.25) is 4.79 Å². The van der Waals surface area contributed by atoms with E-state index in [-0.39, 0.29) is 10.8 Å². The highest BCUT2D eigenvalue weighted by Gasteiger charge is 2.27. The maximum Gasteiger partial charge on any atom is 0.318 e. The van der Waals surface area contributed by atoms with Crippen molar-refractivity contribution >= 4 is 27.3 Å². The number of thiophene rings is 1. The summed E-state index contributed by atoms with van der Waals surface area (Å²) in [5.41, 5.74) is 0. The number of aryl methyl sites for hydroxylation is 1. The van der Waals surface area contributed by atoms with Crippen molar-refractivity contribution in [3.05, 3.63) is 17.0 Å². The summed E-state index contributed by atoms with van der Waals surface area (Å²) >= 11 is 1.15. The normalized spacial score (nSPS) is 12.3. The molecule has 1 heterocycles. The summed E-state index contributed by atoms with van der Waals surface area (Å²) in [5.74, 6) is -1.16. The largest absolute Gasteiger partial charge is 0.480 e. The molecule has 0 saturated heterocycles.